The third-order valence-corrected chi connectivity index (χ3v) is 4.48. The highest BCUT2D eigenvalue weighted by molar-refractivity contribution is 5.96. The Balaban J connectivity index is 1.83. The van der Waals surface area contributed by atoms with Crippen LogP contribution in [0, 0.1) is 6.92 Å². The maximum Gasteiger partial charge on any atom is 0.252 e. The van der Waals surface area contributed by atoms with Gasteiger partial charge >= 0.3 is 0 Å². The number of aryl methyl sites for hydroxylation is 1. The van der Waals surface area contributed by atoms with E-state index in [1.807, 2.05) is 44.2 Å². The Morgan fingerprint density at radius 2 is 1.88 bits per heavy atom. The van der Waals surface area contributed by atoms with E-state index in [0.29, 0.717) is 24.5 Å². The van der Waals surface area contributed by atoms with Crippen molar-refractivity contribution in [2.24, 2.45) is 5.73 Å². The number of carbonyl (C=O) groups is 1. The maximum atomic E-state index is 12.8. The molecule has 3 aromatic carbocycles. The number of nitrogens with one attached hydrogen (secondary N) is 1. The topological polar surface area (TPSA) is 64.3 Å². The molecule has 0 heterocycles. The predicted octanol–water partition coefficient (Wildman–Crippen LogP) is 3.98. The first-order valence-corrected chi connectivity index (χ1v) is 8.82. The maximum absolute atomic E-state index is 12.8. The summed E-state index contributed by atoms with van der Waals surface area (Å²) in [6, 6.07) is 19.8. The number of nitrogens with two attached hydrogens (primary N) is 1. The number of benzene rings is 3. The van der Waals surface area contributed by atoms with Crippen molar-refractivity contribution in [3.05, 3.63) is 77.4 Å². The molecule has 1 amide bonds. The molecule has 134 valence electrons. The fourth-order valence-corrected chi connectivity index (χ4v) is 3.09. The third kappa shape index (κ3) is 3.86. The van der Waals surface area contributed by atoms with Gasteiger partial charge in [0.15, 0.2) is 0 Å². The van der Waals surface area contributed by atoms with E-state index in [2.05, 4.69) is 29.6 Å². The Kier molecular flexibility index (Phi) is 5.54. The van der Waals surface area contributed by atoms with Crippen LogP contribution in [-0.2, 0) is 0 Å². The normalized spacial score (nSPS) is 12.0. The van der Waals surface area contributed by atoms with Gasteiger partial charge in [-0.05, 0) is 47.9 Å². The number of carbonyl (C=O) groups excluding carboxylic acids is 1. The number of hydrogen-bond acceptors (Lipinski definition) is 3. The average Bonchev–Trinajstić information content (AvgIpc) is 2.66. The molecule has 0 saturated heterocycles. The second-order valence-corrected chi connectivity index (χ2v) is 6.38. The highest BCUT2D eigenvalue weighted by Crippen LogP contribution is 2.25. The van der Waals surface area contributed by atoms with Crippen LogP contribution in [0.5, 0.6) is 5.75 Å². The van der Waals surface area contributed by atoms with Crippen molar-refractivity contribution >= 4 is 16.7 Å². The highest BCUT2D eigenvalue weighted by atomic mass is 16.5. The standard InChI is InChI=1S/C22H24N2O2/c1-15-10-11-18(26-13-12-23)14-21(15)22(25)24-16(2)19-9-5-7-17-6-3-4-8-20(17)19/h3-11,14,16H,12-13,23H2,1-2H3,(H,24,25)/t16-/m1/s1. The molecule has 3 rings (SSSR count). The van der Waals surface area contributed by atoms with Crippen molar-refractivity contribution in [2.45, 2.75) is 19.9 Å². The summed E-state index contributed by atoms with van der Waals surface area (Å²) in [6.07, 6.45) is 0. The summed E-state index contributed by atoms with van der Waals surface area (Å²) in [4.78, 5) is 12.8. The first-order chi connectivity index (χ1) is 12.6. The lowest BCUT2D eigenvalue weighted by atomic mass is 9.99. The van der Waals surface area contributed by atoms with Crippen LogP contribution < -0.4 is 15.8 Å². The lowest BCUT2D eigenvalue weighted by molar-refractivity contribution is 0.0939. The molecule has 1 atom stereocenters. The number of ether oxygens (including phenoxy) is 1. The average molecular weight is 348 g/mol. The Labute approximate surface area is 154 Å². The van der Waals surface area contributed by atoms with Crippen molar-refractivity contribution in [1.29, 1.82) is 0 Å². The van der Waals surface area contributed by atoms with Crippen molar-refractivity contribution < 1.29 is 9.53 Å². The Morgan fingerprint density at radius 3 is 2.69 bits per heavy atom. The van der Waals surface area contributed by atoms with Crippen molar-refractivity contribution in [3.63, 3.8) is 0 Å². The van der Waals surface area contributed by atoms with Gasteiger partial charge in [0.2, 0.25) is 0 Å². The minimum Gasteiger partial charge on any atom is -0.492 e. The lowest BCUT2D eigenvalue weighted by Crippen LogP contribution is -2.27. The van der Waals surface area contributed by atoms with Crippen LogP contribution in [0.25, 0.3) is 10.8 Å². The molecule has 3 N–H and O–H groups in total. The van der Waals surface area contributed by atoms with Gasteiger partial charge in [0.1, 0.15) is 12.4 Å². The molecule has 0 unspecified atom stereocenters. The Morgan fingerprint density at radius 1 is 1.12 bits per heavy atom. The quantitative estimate of drug-likeness (QED) is 0.708. The molecule has 0 saturated carbocycles. The SMILES string of the molecule is Cc1ccc(OCCN)cc1C(=O)N[C@H](C)c1cccc2ccccc12. The van der Waals surface area contributed by atoms with Crippen LogP contribution in [-0.4, -0.2) is 19.1 Å². The molecule has 0 spiro atoms. The number of rotatable bonds is 6. The van der Waals surface area contributed by atoms with Crippen molar-refractivity contribution in [3.8, 4) is 5.75 Å². The second-order valence-electron chi connectivity index (χ2n) is 6.38. The molecular weight excluding hydrogens is 324 g/mol. The first kappa shape index (κ1) is 18.0. The molecule has 3 aromatic rings. The van der Waals surface area contributed by atoms with Gasteiger partial charge in [-0.3, -0.25) is 4.79 Å². The number of fused-ring (bicyclic) bond motifs is 1. The Bertz CT molecular complexity index is 916. The summed E-state index contributed by atoms with van der Waals surface area (Å²) >= 11 is 0. The summed E-state index contributed by atoms with van der Waals surface area (Å²) in [6.45, 7) is 4.79. The molecule has 26 heavy (non-hydrogen) atoms. The van der Waals surface area contributed by atoms with E-state index >= 15 is 0 Å². The second kappa shape index (κ2) is 8.02. The monoisotopic (exact) mass is 348 g/mol. The molecule has 0 radical (unpaired) electrons. The summed E-state index contributed by atoms with van der Waals surface area (Å²) in [5, 5.41) is 5.43. The van der Waals surface area contributed by atoms with Crippen LogP contribution >= 0.6 is 0 Å². The zero-order valence-corrected chi connectivity index (χ0v) is 15.2. The van der Waals surface area contributed by atoms with E-state index in [1.165, 1.54) is 5.39 Å². The van der Waals surface area contributed by atoms with Gasteiger partial charge < -0.3 is 15.8 Å². The van der Waals surface area contributed by atoms with Crippen LogP contribution in [0.4, 0.5) is 0 Å². The summed E-state index contributed by atoms with van der Waals surface area (Å²) < 4.78 is 5.54. The van der Waals surface area contributed by atoms with E-state index in [9.17, 15) is 4.79 Å². The molecular formula is C22H24N2O2. The molecule has 0 aliphatic carbocycles. The van der Waals surface area contributed by atoms with Gasteiger partial charge in [0.25, 0.3) is 5.91 Å². The Hall–Kier alpha value is -2.85. The highest BCUT2D eigenvalue weighted by Gasteiger charge is 2.16. The fourth-order valence-electron chi connectivity index (χ4n) is 3.09. The van der Waals surface area contributed by atoms with Crippen LogP contribution in [0.15, 0.2) is 60.7 Å². The summed E-state index contributed by atoms with van der Waals surface area (Å²) in [7, 11) is 0. The fraction of sp³-hybridized carbons (Fsp3) is 0.227. The molecule has 0 aromatic heterocycles. The van der Waals surface area contributed by atoms with Gasteiger partial charge in [-0.1, -0.05) is 48.5 Å². The summed E-state index contributed by atoms with van der Waals surface area (Å²) in [5.74, 6) is 0.546. The van der Waals surface area contributed by atoms with E-state index in [0.717, 1.165) is 16.5 Å². The van der Waals surface area contributed by atoms with Crippen molar-refractivity contribution in [1.82, 2.24) is 5.32 Å². The lowest BCUT2D eigenvalue weighted by Gasteiger charge is -2.18. The first-order valence-electron chi connectivity index (χ1n) is 8.82. The van der Waals surface area contributed by atoms with Crippen LogP contribution in [0.3, 0.4) is 0 Å². The van der Waals surface area contributed by atoms with Crippen LogP contribution in [0.1, 0.15) is 34.5 Å². The molecule has 4 heteroatoms. The molecule has 4 nitrogen and oxygen atoms in total. The smallest absolute Gasteiger partial charge is 0.252 e. The molecule has 0 aliphatic rings. The largest absolute Gasteiger partial charge is 0.492 e. The van der Waals surface area contributed by atoms with Gasteiger partial charge in [-0.2, -0.15) is 0 Å². The number of hydrogen-bond donors (Lipinski definition) is 2. The van der Waals surface area contributed by atoms with Gasteiger partial charge in [-0.25, -0.2) is 0 Å². The van der Waals surface area contributed by atoms with Crippen LogP contribution in [0.2, 0.25) is 0 Å². The molecule has 0 aliphatic heterocycles. The zero-order valence-electron chi connectivity index (χ0n) is 15.2. The van der Waals surface area contributed by atoms with E-state index in [1.54, 1.807) is 6.07 Å². The van der Waals surface area contributed by atoms with E-state index < -0.39 is 0 Å². The van der Waals surface area contributed by atoms with Gasteiger partial charge in [0.05, 0.1) is 6.04 Å². The molecule has 0 fully saturated rings. The summed E-state index contributed by atoms with van der Waals surface area (Å²) in [5.41, 5.74) is 8.10. The van der Waals surface area contributed by atoms with Gasteiger partial charge in [0, 0.05) is 12.1 Å². The number of amides is 1. The van der Waals surface area contributed by atoms with E-state index in [-0.39, 0.29) is 11.9 Å². The van der Waals surface area contributed by atoms with Crippen molar-refractivity contribution in [2.75, 3.05) is 13.2 Å². The molecule has 0 bridgehead atoms. The predicted molar refractivity (Wildman–Crippen MR) is 106 cm³/mol. The van der Waals surface area contributed by atoms with E-state index in [4.69, 9.17) is 10.5 Å². The third-order valence-electron chi connectivity index (χ3n) is 4.48. The zero-order chi connectivity index (χ0) is 18.5. The minimum absolute atomic E-state index is 0.110. The van der Waals surface area contributed by atoms with Gasteiger partial charge in [-0.15, -0.1) is 0 Å². The minimum atomic E-state index is -0.110.